The molecule has 0 bridgehead atoms. The summed E-state index contributed by atoms with van der Waals surface area (Å²) in [6, 6.07) is 11.5. The summed E-state index contributed by atoms with van der Waals surface area (Å²) >= 11 is 6.22. The average molecular weight is 663 g/mol. The average Bonchev–Trinajstić information content (AvgIpc) is 3.64. The molecule has 4 aromatic rings. The number of aromatic nitrogens is 4. The van der Waals surface area contributed by atoms with Crippen molar-refractivity contribution in [1.29, 1.82) is 5.26 Å². The van der Waals surface area contributed by atoms with Crippen LogP contribution in [0, 0.1) is 24.2 Å². The second-order valence-electron chi connectivity index (χ2n) is 11.5. The van der Waals surface area contributed by atoms with Crippen molar-refractivity contribution in [2.75, 3.05) is 35.5 Å². The SMILES string of the molecule is Cc1cn2nc(C3CCCCN3C(=O)c3cc(Cl)ccc3NS(C)(=O)=O)cc2nc1N1CC(C#N)C(OC(=O)c2cccnc2)C1. The van der Waals surface area contributed by atoms with E-state index in [1.165, 1.54) is 24.4 Å². The molecular formula is C31H31ClN8O5S. The number of carbonyl (C=O) groups excluding carboxylic acids is 2. The number of nitriles is 1. The second-order valence-corrected chi connectivity index (χ2v) is 13.7. The number of fused-ring (bicyclic) bond motifs is 1. The molecule has 1 amide bonds. The first kappa shape index (κ1) is 31.3. The maximum atomic E-state index is 13.9. The van der Waals surface area contributed by atoms with Crippen molar-refractivity contribution in [2.45, 2.75) is 38.3 Å². The van der Waals surface area contributed by atoms with Gasteiger partial charge in [0.05, 0.1) is 47.4 Å². The van der Waals surface area contributed by atoms with Crippen molar-refractivity contribution in [2.24, 2.45) is 5.92 Å². The Hall–Kier alpha value is -4.74. The monoisotopic (exact) mass is 662 g/mol. The summed E-state index contributed by atoms with van der Waals surface area (Å²) in [7, 11) is -3.64. The Morgan fingerprint density at radius 2 is 2.00 bits per heavy atom. The number of esters is 1. The highest BCUT2D eigenvalue weighted by atomic mass is 35.5. The molecule has 5 heterocycles. The molecule has 6 rings (SSSR count). The molecule has 15 heteroatoms. The predicted octanol–water partition coefficient (Wildman–Crippen LogP) is 4.01. The highest BCUT2D eigenvalue weighted by Crippen LogP contribution is 2.35. The van der Waals surface area contributed by atoms with Crippen LogP contribution in [0.4, 0.5) is 11.5 Å². The summed E-state index contributed by atoms with van der Waals surface area (Å²) in [6.07, 6.45) is 7.55. The van der Waals surface area contributed by atoms with Gasteiger partial charge in [0.25, 0.3) is 5.91 Å². The Morgan fingerprint density at radius 1 is 1.17 bits per heavy atom. The number of nitrogens with zero attached hydrogens (tertiary/aromatic N) is 7. The molecule has 2 aliphatic rings. The Bertz CT molecular complexity index is 1960. The number of pyridine rings is 1. The number of nitrogens with one attached hydrogen (secondary N) is 1. The second kappa shape index (κ2) is 12.6. The van der Waals surface area contributed by atoms with Crippen molar-refractivity contribution in [3.8, 4) is 6.07 Å². The number of sulfonamides is 1. The Labute approximate surface area is 270 Å². The van der Waals surface area contributed by atoms with E-state index in [0.29, 0.717) is 53.8 Å². The fourth-order valence-electron chi connectivity index (χ4n) is 6.00. The quantitative estimate of drug-likeness (QED) is 0.286. The van der Waals surface area contributed by atoms with Gasteiger partial charge >= 0.3 is 5.97 Å². The molecular weight excluding hydrogens is 632 g/mol. The van der Waals surface area contributed by atoms with Gasteiger partial charge in [-0.2, -0.15) is 10.4 Å². The number of hydrogen-bond donors (Lipinski definition) is 1. The normalized spacial score (nSPS) is 20.0. The summed E-state index contributed by atoms with van der Waals surface area (Å²) in [4.78, 5) is 39.1. The molecule has 2 aliphatic heterocycles. The summed E-state index contributed by atoms with van der Waals surface area (Å²) in [5.74, 6) is -0.795. The van der Waals surface area contributed by atoms with Gasteiger partial charge in [-0.15, -0.1) is 0 Å². The van der Waals surface area contributed by atoms with Crippen LogP contribution in [0.25, 0.3) is 5.65 Å². The van der Waals surface area contributed by atoms with Crippen molar-refractivity contribution >= 4 is 50.7 Å². The number of aryl methyl sites for hydroxylation is 1. The maximum Gasteiger partial charge on any atom is 0.340 e. The van der Waals surface area contributed by atoms with Crippen LogP contribution in [0.1, 0.15) is 57.3 Å². The number of benzene rings is 1. The van der Waals surface area contributed by atoms with Crippen LogP contribution in [0.5, 0.6) is 0 Å². The number of piperidine rings is 1. The first-order chi connectivity index (χ1) is 22.0. The van der Waals surface area contributed by atoms with Gasteiger partial charge in [0, 0.05) is 48.3 Å². The Morgan fingerprint density at radius 3 is 2.74 bits per heavy atom. The number of ether oxygens (including phenoxy) is 1. The van der Waals surface area contributed by atoms with Crippen LogP contribution in [-0.2, 0) is 14.8 Å². The maximum absolute atomic E-state index is 13.9. The molecule has 2 saturated heterocycles. The minimum atomic E-state index is -3.64. The van der Waals surface area contributed by atoms with Crippen LogP contribution in [0.3, 0.4) is 0 Å². The smallest absolute Gasteiger partial charge is 0.340 e. The minimum absolute atomic E-state index is 0.156. The Balaban J connectivity index is 1.26. The van der Waals surface area contributed by atoms with Gasteiger partial charge in [-0.1, -0.05) is 11.6 Å². The van der Waals surface area contributed by atoms with Crippen molar-refractivity contribution in [3.05, 3.63) is 82.4 Å². The minimum Gasteiger partial charge on any atom is -0.455 e. The molecule has 0 radical (unpaired) electrons. The molecule has 1 N–H and O–H groups in total. The summed E-state index contributed by atoms with van der Waals surface area (Å²) in [6.45, 7) is 2.98. The van der Waals surface area contributed by atoms with E-state index < -0.39 is 28.0 Å². The molecule has 238 valence electrons. The van der Waals surface area contributed by atoms with E-state index in [4.69, 9.17) is 26.4 Å². The van der Waals surface area contributed by atoms with E-state index in [9.17, 15) is 23.3 Å². The van der Waals surface area contributed by atoms with Gasteiger partial charge < -0.3 is 14.5 Å². The molecule has 2 fully saturated rings. The third kappa shape index (κ3) is 6.47. The molecule has 3 unspecified atom stereocenters. The number of hydrogen-bond acceptors (Lipinski definition) is 10. The van der Waals surface area contributed by atoms with Gasteiger partial charge in [-0.3, -0.25) is 14.5 Å². The standard InChI is InChI=1S/C31H31ClN8O5S/c1-19-16-40-28(35-29(19)38-17-21(14-33)27(18-38)45-31(42)20-6-5-10-34-15-20)13-25(36-40)26-7-3-4-11-39(26)30(41)23-12-22(32)8-9-24(23)37-46(2,43)44/h5-6,8-10,12-13,15-16,21,26-27,37H,3-4,7,11,17-18H2,1-2H3. The van der Waals surface area contributed by atoms with E-state index in [2.05, 4.69) is 15.8 Å². The van der Waals surface area contributed by atoms with Crippen LogP contribution >= 0.6 is 11.6 Å². The fourth-order valence-corrected chi connectivity index (χ4v) is 6.75. The molecule has 46 heavy (non-hydrogen) atoms. The lowest BCUT2D eigenvalue weighted by molar-refractivity contribution is 0.0295. The van der Waals surface area contributed by atoms with Gasteiger partial charge in [0.2, 0.25) is 10.0 Å². The van der Waals surface area contributed by atoms with Crippen LogP contribution < -0.4 is 9.62 Å². The zero-order valence-corrected chi connectivity index (χ0v) is 26.7. The van der Waals surface area contributed by atoms with Gasteiger partial charge in [0.15, 0.2) is 5.65 Å². The number of halogens is 1. The summed E-state index contributed by atoms with van der Waals surface area (Å²) in [5, 5.41) is 14.9. The highest BCUT2D eigenvalue weighted by molar-refractivity contribution is 7.92. The number of carbonyl (C=O) groups is 2. The van der Waals surface area contributed by atoms with E-state index in [0.717, 1.165) is 24.7 Å². The molecule has 3 atom stereocenters. The first-order valence-electron chi connectivity index (χ1n) is 14.7. The lowest BCUT2D eigenvalue weighted by Crippen LogP contribution is -2.39. The van der Waals surface area contributed by atoms with E-state index >= 15 is 0 Å². The van der Waals surface area contributed by atoms with E-state index in [-0.39, 0.29) is 23.2 Å². The molecule has 1 aromatic carbocycles. The number of anilines is 2. The lowest BCUT2D eigenvalue weighted by Gasteiger charge is -2.35. The molecule has 0 aliphatic carbocycles. The molecule has 13 nitrogen and oxygen atoms in total. The van der Waals surface area contributed by atoms with E-state index in [1.54, 1.807) is 27.7 Å². The molecule has 3 aromatic heterocycles. The number of rotatable bonds is 7. The third-order valence-corrected chi connectivity index (χ3v) is 8.95. The van der Waals surface area contributed by atoms with Crippen molar-refractivity contribution in [1.82, 2.24) is 24.5 Å². The van der Waals surface area contributed by atoms with Crippen molar-refractivity contribution < 1.29 is 22.7 Å². The van der Waals surface area contributed by atoms with E-state index in [1.807, 2.05) is 24.1 Å². The van der Waals surface area contributed by atoms with Gasteiger partial charge in [-0.25, -0.2) is 22.7 Å². The number of amides is 1. The van der Waals surface area contributed by atoms with Gasteiger partial charge in [-0.05, 0) is 56.5 Å². The molecule has 0 spiro atoms. The fraction of sp³-hybridized carbons (Fsp3) is 0.355. The van der Waals surface area contributed by atoms with Gasteiger partial charge in [0.1, 0.15) is 17.8 Å². The third-order valence-electron chi connectivity index (χ3n) is 8.12. The largest absolute Gasteiger partial charge is 0.455 e. The van der Waals surface area contributed by atoms with Crippen LogP contribution in [0.2, 0.25) is 5.02 Å². The number of likely N-dealkylation sites (tertiary alicyclic amines) is 1. The molecule has 0 saturated carbocycles. The van der Waals surface area contributed by atoms with Crippen LogP contribution in [0.15, 0.2) is 55.0 Å². The summed E-state index contributed by atoms with van der Waals surface area (Å²) < 4.78 is 33.8. The van der Waals surface area contributed by atoms with Crippen LogP contribution in [-0.4, -0.2) is 76.8 Å². The highest BCUT2D eigenvalue weighted by Gasteiger charge is 2.38. The predicted molar refractivity (Wildman–Crippen MR) is 170 cm³/mol. The zero-order chi connectivity index (χ0) is 32.6. The van der Waals surface area contributed by atoms with Crippen molar-refractivity contribution in [3.63, 3.8) is 0 Å². The lowest BCUT2D eigenvalue weighted by atomic mass is 9.98. The topological polar surface area (TPSA) is 163 Å². The first-order valence-corrected chi connectivity index (χ1v) is 17.0. The summed E-state index contributed by atoms with van der Waals surface area (Å²) in [5.41, 5.74) is 2.64. The zero-order valence-electron chi connectivity index (χ0n) is 25.1. The Kier molecular flexibility index (Phi) is 8.54.